The van der Waals surface area contributed by atoms with Gasteiger partial charge in [0, 0.05) is 17.0 Å². The van der Waals surface area contributed by atoms with E-state index in [9.17, 15) is 14.4 Å². The molecule has 2 heterocycles. The van der Waals surface area contributed by atoms with Gasteiger partial charge in [-0.25, -0.2) is 4.98 Å². The largest absolute Gasteiger partial charge is 0.298 e. The number of thiazole rings is 1. The molecule has 8 heteroatoms. The summed E-state index contributed by atoms with van der Waals surface area (Å²) in [4.78, 5) is 42.7. The molecule has 0 spiro atoms. The van der Waals surface area contributed by atoms with Gasteiger partial charge in [0.15, 0.2) is 5.13 Å². The van der Waals surface area contributed by atoms with E-state index >= 15 is 0 Å². The van der Waals surface area contributed by atoms with E-state index in [1.54, 1.807) is 5.38 Å². The molecule has 1 atom stereocenters. The predicted octanol–water partition coefficient (Wildman–Crippen LogP) is 3.53. The molecule has 1 aliphatic rings. The zero-order valence-corrected chi connectivity index (χ0v) is 15.3. The van der Waals surface area contributed by atoms with Gasteiger partial charge in [0.2, 0.25) is 0 Å². The van der Waals surface area contributed by atoms with Crippen LogP contribution in [0.5, 0.6) is 0 Å². The van der Waals surface area contributed by atoms with E-state index in [4.69, 9.17) is 11.6 Å². The van der Waals surface area contributed by atoms with Crippen molar-refractivity contribution in [1.82, 2.24) is 9.88 Å². The summed E-state index contributed by atoms with van der Waals surface area (Å²) in [5.74, 6) is -0.788. The van der Waals surface area contributed by atoms with Crippen molar-refractivity contribution in [2.24, 2.45) is 0 Å². The van der Waals surface area contributed by atoms with Crippen molar-refractivity contribution >= 4 is 45.8 Å². The topological polar surface area (TPSA) is 79.4 Å². The maximum Gasteiger partial charge on any atom is 0.261 e. The summed E-state index contributed by atoms with van der Waals surface area (Å²) in [6, 6.07) is 4.34. The number of nitrogens with zero attached hydrogens (tertiary/aromatic N) is 2. The first-order valence-corrected chi connectivity index (χ1v) is 9.21. The Morgan fingerprint density at radius 2 is 2.04 bits per heavy atom. The molecule has 0 bridgehead atoms. The molecular formula is C17H16ClN3O3S. The zero-order chi connectivity index (χ0) is 18.1. The summed E-state index contributed by atoms with van der Waals surface area (Å²) >= 11 is 6.97. The second-order valence-corrected chi connectivity index (χ2v) is 6.86. The van der Waals surface area contributed by atoms with E-state index in [2.05, 4.69) is 10.3 Å². The number of carbonyl (C=O) groups excluding carboxylic acids is 3. The number of benzene rings is 1. The Morgan fingerprint density at radius 1 is 1.32 bits per heavy atom. The number of fused-ring (bicyclic) bond motifs is 1. The lowest BCUT2D eigenvalue weighted by atomic mass is 10.1. The highest BCUT2D eigenvalue weighted by Crippen LogP contribution is 2.27. The number of anilines is 1. The lowest BCUT2D eigenvalue weighted by Gasteiger charge is -2.20. The number of aromatic nitrogens is 1. The maximum absolute atomic E-state index is 12.5. The number of alkyl halides is 1. The van der Waals surface area contributed by atoms with E-state index < -0.39 is 0 Å². The van der Waals surface area contributed by atoms with E-state index in [-0.39, 0.29) is 35.2 Å². The molecule has 25 heavy (non-hydrogen) atoms. The number of hydrogen-bond acceptors (Lipinski definition) is 5. The Kier molecular flexibility index (Phi) is 4.87. The van der Waals surface area contributed by atoms with Crippen LogP contribution >= 0.6 is 22.9 Å². The molecule has 0 saturated heterocycles. The van der Waals surface area contributed by atoms with Gasteiger partial charge >= 0.3 is 0 Å². The molecule has 3 amide bonds. The highest BCUT2D eigenvalue weighted by atomic mass is 35.5. The molecule has 0 radical (unpaired) electrons. The zero-order valence-electron chi connectivity index (χ0n) is 13.7. The molecule has 0 saturated carbocycles. The minimum atomic E-state index is -0.388. The van der Waals surface area contributed by atoms with Crippen LogP contribution in [0, 0.1) is 0 Å². The number of hydrogen-bond donors (Lipinski definition) is 1. The molecule has 1 unspecified atom stereocenters. The van der Waals surface area contributed by atoms with Crippen LogP contribution in [-0.4, -0.2) is 33.6 Å². The fourth-order valence-corrected chi connectivity index (χ4v) is 3.51. The second-order valence-electron chi connectivity index (χ2n) is 5.73. The van der Waals surface area contributed by atoms with E-state index in [1.165, 1.54) is 34.4 Å². The van der Waals surface area contributed by atoms with Gasteiger partial charge < -0.3 is 0 Å². The van der Waals surface area contributed by atoms with Gasteiger partial charge in [-0.3, -0.25) is 24.6 Å². The van der Waals surface area contributed by atoms with Crippen LogP contribution in [-0.2, 0) is 5.88 Å². The van der Waals surface area contributed by atoms with Crippen LogP contribution in [0.2, 0.25) is 0 Å². The molecule has 130 valence electrons. The number of amides is 3. The van der Waals surface area contributed by atoms with Crippen molar-refractivity contribution in [1.29, 1.82) is 0 Å². The molecule has 1 aliphatic heterocycles. The molecular weight excluding hydrogens is 362 g/mol. The van der Waals surface area contributed by atoms with E-state index in [0.717, 1.165) is 0 Å². The molecule has 0 aliphatic carbocycles. The van der Waals surface area contributed by atoms with Crippen molar-refractivity contribution in [2.45, 2.75) is 32.2 Å². The summed E-state index contributed by atoms with van der Waals surface area (Å²) in [6.45, 7) is 3.74. The minimum absolute atomic E-state index is 0.186. The fraction of sp³-hybridized carbons (Fsp3) is 0.294. The van der Waals surface area contributed by atoms with Crippen LogP contribution in [0.15, 0.2) is 23.6 Å². The smallest absolute Gasteiger partial charge is 0.261 e. The third-order valence-corrected chi connectivity index (χ3v) is 5.20. The molecule has 1 N–H and O–H groups in total. The van der Waals surface area contributed by atoms with Crippen LogP contribution in [0.4, 0.5) is 5.13 Å². The summed E-state index contributed by atoms with van der Waals surface area (Å²) < 4.78 is 0. The fourth-order valence-electron chi connectivity index (χ4n) is 2.58. The quantitative estimate of drug-likeness (QED) is 0.638. The molecule has 6 nitrogen and oxygen atoms in total. The Labute approximate surface area is 153 Å². The average Bonchev–Trinajstić information content (AvgIpc) is 3.17. The van der Waals surface area contributed by atoms with Crippen molar-refractivity contribution in [3.05, 3.63) is 46.0 Å². The summed E-state index contributed by atoms with van der Waals surface area (Å²) in [5.41, 5.74) is 1.58. The first-order chi connectivity index (χ1) is 12.0. The van der Waals surface area contributed by atoms with Gasteiger partial charge in [-0.15, -0.1) is 22.9 Å². The SMILES string of the molecule is CCC(C)N1C(=O)c2ccc(C(=O)Nc3nc(CCl)cs3)cc2C1=O. The van der Waals surface area contributed by atoms with Gasteiger partial charge in [-0.2, -0.15) is 0 Å². The first kappa shape index (κ1) is 17.6. The van der Waals surface area contributed by atoms with Gasteiger partial charge in [-0.1, -0.05) is 6.92 Å². The highest BCUT2D eigenvalue weighted by Gasteiger charge is 2.38. The number of halogens is 1. The molecule has 2 aromatic rings. The van der Waals surface area contributed by atoms with Gasteiger partial charge in [-0.05, 0) is 31.5 Å². The Bertz CT molecular complexity index is 865. The monoisotopic (exact) mass is 377 g/mol. The van der Waals surface area contributed by atoms with Crippen LogP contribution in [0.1, 0.15) is 57.0 Å². The maximum atomic E-state index is 12.5. The molecule has 1 aromatic heterocycles. The number of carbonyl (C=O) groups is 3. The van der Waals surface area contributed by atoms with Crippen molar-refractivity contribution in [2.75, 3.05) is 5.32 Å². The average molecular weight is 378 g/mol. The summed E-state index contributed by atoms with van der Waals surface area (Å²) in [7, 11) is 0. The van der Waals surface area contributed by atoms with Crippen LogP contribution in [0.3, 0.4) is 0 Å². The predicted molar refractivity (Wildman–Crippen MR) is 96.3 cm³/mol. The standard InChI is InChI=1S/C17H16ClN3O3S/c1-3-9(2)21-15(23)12-5-4-10(6-13(12)16(21)24)14(22)20-17-19-11(7-18)8-25-17/h4-6,8-9H,3,7H2,1-2H3,(H,19,20,22). The third-order valence-electron chi connectivity index (χ3n) is 4.12. The van der Waals surface area contributed by atoms with E-state index in [1.807, 2.05) is 13.8 Å². The number of imide groups is 1. The number of nitrogens with one attached hydrogen (secondary N) is 1. The van der Waals surface area contributed by atoms with Crippen LogP contribution in [0.25, 0.3) is 0 Å². The minimum Gasteiger partial charge on any atom is -0.298 e. The Balaban J connectivity index is 1.85. The van der Waals surface area contributed by atoms with Gasteiger partial charge in [0.25, 0.3) is 17.7 Å². The lowest BCUT2D eigenvalue weighted by Crippen LogP contribution is -2.37. The molecule has 0 fully saturated rings. The Hall–Kier alpha value is -2.25. The lowest BCUT2D eigenvalue weighted by molar-refractivity contribution is 0.0593. The first-order valence-electron chi connectivity index (χ1n) is 7.80. The van der Waals surface area contributed by atoms with Gasteiger partial charge in [0.1, 0.15) is 0 Å². The number of rotatable bonds is 5. The summed E-state index contributed by atoms with van der Waals surface area (Å²) in [5, 5.41) is 4.87. The van der Waals surface area contributed by atoms with Crippen molar-refractivity contribution in [3.63, 3.8) is 0 Å². The van der Waals surface area contributed by atoms with Crippen LogP contribution < -0.4 is 5.32 Å². The second kappa shape index (κ2) is 6.93. The molecule has 3 rings (SSSR count). The summed E-state index contributed by atoms with van der Waals surface area (Å²) in [6.07, 6.45) is 0.672. The third kappa shape index (κ3) is 3.17. The Morgan fingerprint density at radius 3 is 2.68 bits per heavy atom. The van der Waals surface area contributed by atoms with E-state index in [0.29, 0.717) is 28.4 Å². The van der Waals surface area contributed by atoms with Crippen molar-refractivity contribution in [3.8, 4) is 0 Å². The van der Waals surface area contributed by atoms with Gasteiger partial charge in [0.05, 0.1) is 22.7 Å². The van der Waals surface area contributed by atoms with Crippen molar-refractivity contribution < 1.29 is 14.4 Å². The highest BCUT2D eigenvalue weighted by molar-refractivity contribution is 7.14. The normalized spacial score (nSPS) is 14.6. The molecule has 1 aromatic carbocycles.